The number of carboxylic acids is 1. The number of thioether (sulfide) groups is 1. The predicted molar refractivity (Wildman–Crippen MR) is 73.5 cm³/mol. The Labute approximate surface area is 116 Å². The minimum absolute atomic E-state index is 0.615. The van der Waals surface area contributed by atoms with E-state index in [9.17, 15) is 9.90 Å². The lowest BCUT2D eigenvalue weighted by Gasteiger charge is -2.45. The Morgan fingerprint density at radius 3 is 2.79 bits per heavy atom. The molecule has 2 aliphatic rings. The first-order valence-corrected chi connectivity index (χ1v) is 7.52. The van der Waals surface area contributed by atoms with Gasteiger partial charge < -0.3 is 9.84 Å². The van der Waals surface area contributed by atoms with E-state index in [1.165, 1.54) is 0 Å². The fraction of sp³-hybridized carbons (Fsp3) is 0.500. The van der Waals surface area contributed by atoms with E-state index in [0.29, 0.717) is 32.7 Å². The molecule has 19 heavy (non-hydrogen) atoms. The van der Waals surface area contributed by atoms with Crippen molar-refractivity contribution in [3.8, 4) is 0 Å². The van der Waals surface area contributed by atoms with Gasteiger partial charge in [-0.3, -0.25) is 4.90 Å². The van der Waals surface area contributed by atoms with Gasteiger partial charge in [0.2, 0.25) is 0 Å². The fourth-order valence-electron chi connectivity index (χ4n) is 3.01. The number of nitrogens with zero attached hydrogens (tertiary/aromatic N) is 1. The molecule has 0 aliphatic carbocycles. The van der Waals surface area contributed by atoms with Gasteiger partial charge in [0.1, 0.15) is 5.54 Å². The average molecular weight is 279 g/mol. The van der Waals surface area contributed by atoms with Crippen LogP contribution >= 0.6 is 11.8 Å². The number of fused-ring (bicyclic) bond motifs is 1. The number of carboxylic acid groups (broad SMARTS) is 1. The lowest BCUT2D eigenvalue weighted by molar-refractivity contribution is -0.156. The standard InChI is InChI=1S/C14H17NO3S/c16-13(17)14(15-6-8-18-9-7-15)5-10-19-12-4-2-1-3-11(12)14/h1-4H,5-10H2,(H,16,17). The third-order valence-corrected chi connectivity index (χ3v) is 5.03. The molecule has 1 aromatic rings. The number of ether oxygens (including phenoxy) is 1. The molecule has 2 aliphatic heterocycles. The number of benzene rings is 1. The van der Waals surface area contributed by atoms with E-state index < -0.39 is 11.5 Å². The van der Waals surface area contributed by atoms with Gasteiger partial charge in [-0.15, -0.1) is 11.8 Å². The van der Waals surface area contributed by atoms with Crippen LogP contribution in [-0.4, -0.2) is 48.0 Å². The zero-order chi connectivity index (χ0) is 13.3. The molecule has 1 atom stereocenters. The normalized spacial score (nSPS) is 27.8. The smallest absolute Gasteiger partial charge is 0.328 e. The van der Waals surface area contributed by atoms with Crippen LogP contribution in [0.5, 0.6) is 0 Å². The summed E-state index contributed by atoms with van der Waals surface area (Å²) in [7, 11) is 0. The molecule has 1 aromatic carbocycles. The van der Waals surface area contributed by atoms with E-state index in [-0.39, 0.29) is 0 Å². The summed E-state index contributed by atoms with van der Waals surface area (Å²) < 4.78 is 5.36. The average Bonchev–Trinajstić information content (AvgIpc) is 2.47. The van der Waals surface area contributed by atoms with Crippen molar-refractivity contribution in [1.82, 2.24) is 4.90 Å². The number of hydrogen-bond donors (Lipinski definition) is 1. The molecule has 3 rings (SSSR count). The van der Waals surface area contributed by atoms with Crippen LogP contribution in [0.4, 0.5) is 0 Å². The van der Waals surface area contributed by atoms with E-state index in [1.54, 1.807) is 11.8 Å². The topological polar surface area (TPSA) is 49.8 Å². The molecule has 0 aromatic heterocycles. The summed E-state index contributed by atoms with van der Waals surface area (Å²) >= 11 is 1.75. The van der Waals surface area contributed by atoms with Gasteiger partial charge in [-0.2, -0.15) is 0 Å². The summed E-state index contributed by atoms with van der Waals surface area (Å²) in [6.07, 6.45) is 0.657. The van der Waals surface area contributed by atoms with Crippen LogP contribution < -0.4 is 0 Å². The maximum atomic E-state index is 12.0. The van der Waals surface area contributed by atoms with Gasteiger partial charge >= 0.3 is 5.97 Å². The summed E-state index contributed by atoms with van der Waals surface area (Å²) in [5.41, 5.74) is 0.0756. The third-order valence-electron chi connectivity index (χ3n) is 3.96. The van der Waals surface area contributed by atoms with Crippen molar-refractivity contribution in [2.45, 2.75) is 16.9 Å². The minimum atomic E-state index is -0.869. The molecule has 0 radical (unpaired) electrons. The van der Waals surface area contributed by atoms with Crippen molar-refractivity contribution in [2.24, 2.45) is 0 Å². The van der Waals surface area contributed by atoms with Crippen molar-refractivity contribution in [1.29, 1.82) is 0 Å². The first-order chi connectivity index (χ1) is 9.25. The highest BCUT2D eigenvalue weighted by molar-refractivity contribution is 7.99. The SMILES string of the molecule is O=C(O)C1(N2CCOCC2)CCSc2ccccc21. The molecule has 1 N–H and O–H groups in total. The maximum Gasteiger partial charge on any atom is 0.328 e. The predicted octanol–water partition coefficient (Wildman–Crippen LogP) is 1.79. The molecule has 0 spiro atoms. The van der Waals surface area contributed by atoms with Crippen molar-refractivity contribution < 1.29 is 14.6 Å². The molecule has 2 heterocycles. The van der Waals surface area contributed by atoms with Crippen molar-refractivity contribution in [3.05, 3.63) is 29.8 Å². The Hall–Kier alpha value is -1.04. The van der Waals surface area contributed by atoms with Gasteiger partial charge in [0.15, 0.2) is 0 Å². The van der Waals surface area contributed by atoms with E-state index in [0.717, 1.165) is 16.2 Å². The van der Waals surface area contributed by atoms with Crippen LogP contribution in [0, 0.1) is 0 Å². The zero-order valence-electron chi connectivity index (χ0n) is 10.7. The van der Waals surface area contributed by atoms with Crippen LogP contribution in [0.25, 0.3) is 0 Å². The minimum Gasteiger partial charge on any atom is -0.480 e. The van der Waals surface area contributed by atoms with Gasteiger partial charge in [-0.05, 0) is 18.1 Å². The highest BCUT2D eigenvalue weighted by atomic mass is 32.2. The molecule has 0 amide bonds. The van der Waals surface area contributed by atoms with E-state index in [4.69, 9.17) is 4.74 Å². The molecule has 0 bridgehead atoms. The Kier molecular flexibility index (Phi) is 3.52. The summed E-state index contributed by atoms with van der Waals surface area (Å²) in [6, 6.07) is 7.90. The molecule has 1 saturated heterocycles. The Morgan fingerprint density at radius 2 is 2.05 bits per heavy atom. The van der Waals surface area contributed by atoms with Gasteiger partial charge in [0.05, 0.1) is 13.2 Å². The Bertz CT molecular complexity index is 487. The molecule has 5 heteroatoms. The van der Waals surface area contributed by atoms with Gasteiger partial charge in [0, 0.05) is 23.7 Å². The van der Waals surface area contributed by atoms with E-state index >= 15 is 0 Å². The molecule has 4 nitrogen and oxygen atoms in total. The second-order valence-electron chi connectivity index (χ2n) is 4.86. The monoisotopic (exact) mass is 279 g/mol. The number of hydrogen-bond acceptors (Lipinski definition) is 4. The third kappa shape index (κ3) is 2.06. The summed E-state index contributed by atoms with van der Waals surface area (Å²) in [5.74, 6) is 0.114. The van der Waals surface area contributed by atoms with Crippen molar-refractivity contribution in [2.75, 3.05) is 32.1 Å². The highest BCUT2D eigenvalue weighted by Crippen LogP contribution is 2.44. The lowest BCUT2D eigenvalue weighted by atomic mass is 9.84. The quantitative estimate of drug-likeness (QED) is 0.894. The molecule has 0 saturated carbocycles. The number of aliphatic carboxylic acids is 1. The number of morpholine rings is 1. The first-order valence-electron chi connectivity index (χ1n) is 6.53. The molecule has 1 unspecified atom stereocenters. The van der Waals surface area contributed by atoms with Crippen molar-refractivity contribution >= 4 is 17.7 Å². The Balaban J connectivity index is 2.08. The molecular weight excluding hydrogens is 262 g/mol. The second kappa shape index (κ2) is 5.15. The maximum absolute atomic E-state index is 12.0. The second-order valence-corrected chi connectivity index (χ2v) is 6.00. The zero-order valence-corrected chi connectivity index (χ0v) is 11.5. The summed E-state index contributed by atoms with van der Waals surface area (Å²) in [5, 5.41) is 9.90. The van der Waals surface area contributed by atoms with Crippen molar-refractivity contribution in [3.63, 3.8) is 0 Å². The highest BCUT2D eigenvalue weighted by Gasteiger charge is 2.48. The van der Waals surface area contributed by atoms with Crippen LogP contribution in [0.3, 0.4) is 0 Å². The Morgan fingerprint density at radius 1 is 1.32 bits per heavy atom. The summed E-state index contributed by atoms with van der Waals surface area (Å²) in [6.45, 7) is 2.60. The molecule has 102 valence electrons. The molecular formula is C14H17NO3S. The fourth-order valence-corrected chi connectivity index (χ4v) is 4.19. The lowest BCUT2D eigenvalue weighted by Crippen LogP contribution is -2.57. The van der Waals surface area contributed by atoms with Crippen LogP contribution in [-0.2, 0) is 15.1 Å². The van der Waals surface area contributed by atoms with Gasteiger partial charge in [-0.25, -0.2) is 4.79 Å². The van der Waals surface area contributed by atoms with E-state index in [2.05, 4.69) is 4.90 Å². The number of carbonyl (C=O) groups is 1. The molecule has 1 fully saturated rings. The summed E-state index contributed by atoms with van der Waals surface area (Å²) in [4.78, 5) is 15.2. The number of rotatable bonds is 2. The van der Waals surface area contributed by atoms with Crippen LogP contribution in [0.2, 0.25) is 0 Å². The van der Waals surface area contributed by atoms with Gasteiger partial charge in [-0.1, -0.05) is 18.2 Å². The van der Waals surface area contributed by atoms with E-state index in [1.807, 2.05) is 24.3 Å². The van der Waals surface area contributed by atoms with Gasteiger partial charge in [0.25, 0.3) is 0 Å². The van der Waals surface area contributed by atoms with Crippen LogP contribution in [0.15, 0.2) is 29.2 Å². The van der Waals surface area contributed by atoms with Crippen LogP contribution in [0.1, 0.15) is 12.0 Å². The first kappa shape index (κ1) is 13.0. The largest absolute Gasteiger partial charge is 0.480 e.